The second-order valence-corrected chi connectivity index (χ2v) is 4.99. The molecule has 0 bridgehead atoms. The van der Waals surface area contributed by atoms with Gasteiger partial charge in [0.25, 0.3) is 0 Å². The van der Waals surface area contributed by atoms with Crippen molar-refractivity contribution in [2.75, 3.05) is 6.54 Å². The van der Waals surface area contributed by atoms with Gasteiger partial charge in [0.15, 0.2) is 0 Å². The quantitative estimate of drug-likeness (QED) is 0.630. The highest BCUT2D eigenvalue weighted by Crippen LogP contribution is 2.28. The molecule has 14 heavy (non-hydrogen) atoms. The van der Waals surface area contributed by atoms with E-state index >= 15 is 0 Å². The van der Waals surface area contributed by atoms with Crippen LogP contribution in [0.4, 0.5) is 0 Å². The molecule has 0 heterocycles. The Balaban J connectivity index is 1.68. The first-order chi connectivity index (χ1) is 6.68. The van der Waals surface area contributed by atoms with E-state index in [4.69, 9.17) is 5.11 Å². The summed E-state index contributed by atoms with van der Waals surface area (Å²) in [5.74, 6) is 0. The molecule has 0 aromatic rings. The molecule has 3 heteroatoms. The zero-order valence-corrected chi connectivity index (χ0v) is 8.71. The van der Waals surface area contributed by atoms with Crippen LogP contribution in [0.3, 0.4) is 0 Å². The van der Waals surface area contributed by atoms with Crippen LogP contribution in [0.1, 0.15) is 44.9 Å². The highest BCUT2D eigenvalue weighted by Gasteiger charge is 2.32. The lowest BCUT2D eigenvalue weighted by atomic mass is 9.83. The third-order valence-electron chi connectivity index (χ3n) is 3.62. The number of rotatable bonds is 3. The van der Waals surface area contributed by atoms with Gasteiger partial charge in [-0.15, -0.1) is 0 Å². The van der Waals surface area contributed by atoms with Crippen LogP contribution in [0.15, 0.2) is 0 Å². The zero-order chi connectivity index (χ0) is 10.0. The van der Waals surface area contributed by atoms with E-state index in [1.165, 1.54) is 6.42 Å². The van der Waals surface area contributed by atoms with Gasteiger partial charge in [-0.25, -0.2) is 0 Å². The van der Waals surface area contributed by atoms with Gasteiger partial charge in [0.2, 0.25) is 0 Å². The first-order valence-electron chi connectivity index (χ1n) is 5.82. The number of hydrogen-bond donors (Lipinski definition) is 3. The fourth-order valence-electron chi connectivity index (χ4n) is 2.48. The van der Waals surface area contributed by atoms with Gasteiger partial charge in [0.05, 0.1) is 11.7 Å². The fraction of sp³-hybridized carbons (Fsp3) is 1.00. The van der Waals surface area contributed by atoms with Gasteiger partial charge < -0.3 is 15.5 Å². The minimum atomic E-state index is -0.460. The molecule has 0 atom stereocenters. The summed E-state index contributed by atoms with van der Waals surface area (Å²) < 4.78 is 0. The normalized spacial score (nSPS) is 36.4. The monoisotopic (exact) mass is 199 g/mol. The number of hydrogen-bond acceptors (Lipinski definition) is 3. The molecule has 0 aliphatic heterocycles. The van der Waals surface area contributed by atoms with Crippen LogP contribution in [0.2, 0.25) is 0 Å². The molecule has 2 fully saturated rings. The second-order valence-electron chi connectivity index (χ2n) is 4.99. The minimum absolute atomic E-state index is 0.103. The summed E-state index contributed by atoms with van der Waals surface area (Å²) >= 11 is 0. The number of aliphatic hydroxyl groups is 2. The maximum absolute atomic E-state index is 10.2. The molecule has 2 rings (SSSR count). The van der Waals surface area contributed by atoms with Crippen LogP contribution in [-0.4, -0.2) is 34.5 Å². The van der Waals surface area contributed by atoms with Crippen LogP contribution >= 0.6 is 0 Å². The Bertz CT molecular complexity index is 184. The summed E-state index contributed by atoms with van der Waals surface area (Å²) in [5.41, 5.74) is -0.460. The molecule has 3 nitrogen and oxygen atoms in total. The summed E-state index contributed by atoms with van der Waals surface area (Å²) in [6.45, 7) is 0.713. The van der Waals surface area contributed by atoms with E-state index < -0.39 is 5.60 Å². The topological polar surface area (TPSA) is 52.5 Å². The Morgan fingerprint density at radius 1 is 1.14 bits per heavy atom. The smallest absolute Gasteiger partial charge is 0.0771 e. The fourth-order valence-corrected chi connectivity index (χ4v) is 2.48. The van der Waals surface area contributed by atoms with Gasteiger partial charge in [-0.2, -0.15) is 0 Å². The van der Waals surface area contributed by atoms with E-state index in [2.05, 4.69) is 5.32 Å². The average Bonchev–Trinajstić information content (AvgIpc) is 2.12. The maximum atomic E-state index is 10.2. The Kier molecular flexibility index (Phi) is 3.10. The van der Waals surface area contributed by atoms with Gasteiger partial charge in [-0.3, -0.25) is 0 Å². The molecule has 0 amide bonds. The van der Waals surface area contributed by atoms with Gasteiger partial charge in [-0.05, 0) is 25.7 Å². The van der Waals surface area contributed by atoms with Gasteiger partial charge in [0, 0.05) is 12.6 Å². The van der Waals surface area contributed by atoms with Crippen molar-refractivity contribution < 1.29 is 10.2 Å². The Hall–Kier alpha value is -0.120. The molecule has 3 N–H and O–H groups in total. The van der Waals surface area contributed by atoms with Crippen LogP contribution in [-0.2, 0) is 0 Å². The highest BCUT2D eigenvalue weighted by molar-refractivity contribution is 4.90. The summed E-state index contributed by atoms with van der Waals surface area (Å²) in [4.78, 5) is 0. The lowest BCUT2D eigenvalue weighted by Gasteiger charge is -2.37. The Morgan fingerprint density at radius 2 is 1.79 bits per heavy atom. The molecule has 0 saturated heterocycles. The van der Waals surface area contributed by atoms with Crippen LogP contribution in [0.5, 0.6) is 0 Å². The van der Waals surface area contributed by atoms with Crippen molar-refractivity contribution >= 4 is 0 Å². The van der Waals surface area contributed by atoms with Crippen molar-refractivity contribution in [2.45, 2.75) is 62.7 Å². The SMILES string of the molecule is OC1CC(NCC2(O)CCCCC2)C1. The zero-order valence-electron chi connectivity index (χ0n) is 8.71. The van der Waals surface area contributed by atoms with Crippen molar-refractivity contribution in [1.29, 1.82) is 0 Å². The van der Waals surface area contributed by atoms with E-state index in [0.717, 1.165) is 38.5 Å². The van der Waals surface area contributed by atoms with Gasteiger partial charge >= 0.3 is 0 Å². The molecule has 0 radical (unpaired) electrons. The molecule has 2 aliphatic carbocycles. The Morgan fingerprint density at radius 3 is 2.36 bits per heavy atom. The summed E-state index contributed by atoms with van der Waals surface area (Å²) in [6, 6.07) is 0.441. The summed E-state index contributed by atoms with van der Waals surface area (Å²) in [6.07, 6.45) is 7.08. The Labute approximate surface area is 85.5 Å². The van der Waals surface area contributed by atoms with Crippen molar-refractivity contribution in [1.82, 2.24) is 5.32 Å². The van der Waals surface area contributed by atoms with Gasteiger partial charge in [0.1, 0.15) is 0 Å². The molecule has 0 aromatic heterocycles. The number of nitrogens with one attached hydrogen (secondary N) is 1. The minimum Gasteiger partial charge on any atom is -0.393 e. The first-order valence-corrected chi connectivity index (χ1v) is 5.82. The molecular weight excluding hydrogens is 178 g/mol. The average molecular weight is 199 g/mol. The van der Waals surface area contributed by atoms with Crippen molar-refractivity contribution in [3.63, 3.8) is 0 Å². The van der Waals surface area contributed by atoms with Crippen molar-refractivity contribution in [3.05, 3.63) is 0 Å². The molecule has 0 unspecified atom stereocenters. The lowest BCUT2D eigenvalue weighted by molar-refractivity contribution is -0.00904. The molecule has 82 valence electrons. The van der Waals surface area contributed by atoms with Crippen molar-refractivity contribution in [3.8, 4) is 0 Å². The lowest BCUT2D eigenvalue weighted by Crippen LogP contribution is -2.51. The first kappa shape index (κ1) is 10.4. The number of aliphatic hydroxyl groups excluding tert-OH is 1. The molecular formula is C11H21NO2. The summed E-state index contributed by atoms with van der Waals surface area (Å²) in [7, 11) is 0. The second kappa shape index (κ2) is 4.17. The van der Waals surface area contributed by atoms with Crippen molar-refractivity contribution in [2.24, 2.45) is 0 Å². The molecule has 0 aromatic carbocycles. The summed E-state index contributed by atoms with van der Waals surface area (Å²) in [5, 5.41) is 22.6. The molecule has 2 saturated carbocycles. The largest absolute Gasteiger partial charge is 0.393 e. The predicted molar refractivity (Wildman–Crippen MR) is 55.1 cm³/mol. The van der Waals surface area contributed by atoms with Crippen LogP contribution in [0, 0.1) is 0 Å². The van der Waals surface area contributed by atoms with E-state index in [-0.39, 0.29) is 6.10 Å². The third-order valence-corrected chi connectivity index (χ3v) is 3.62. The predicted octanol–water partition coefficient (Wildman–Crippen LogP) is 0.794. The standard InChI is InChI=1S/C11H21NO2/c13-10-6-9(7-10)12-8-11(14)4-2-1-3-5-11/h9-10,12-14H,1-8H2. The van der Waals surface area contributed by atoms with Crippen LogP contribution in [0.25, 0.3) is 0 Å². The molecule has 0 spiro atoms. The third kappa shape index (κ3) is 2.47. The molecule has 2 aliphatic rings. The van der Waals surface area contributed by atoms with E-state index in [0.29, 0.717) is 12.6 Å². The van der Waals surface area contributed by atoms with E-state index in [1.807, 2.05) is 0 Å². The van der Waals surface area contributed by atoms with Crippen LogP contribution < -0.4 is 5.32 Å². The van der Waals surface area contributed by atoms with Gasteiger partial charge in [-0.1, -0.05) is 19.3 Å². The van der Waals surface area contributed by atoms with E-state index in [9.17, 15) is 5.11 Å². The maximum Gasteiger partial charge on any atom is 0.0771 e. The van der Waals surface area contributed by atoms with E-state index in [1.54, 1.807) is 0 Å². The highest BCUT2D eigenvalue weighted by atomic mass is 16.3.